The smallest absolute Gasteiger partial charge is 0.145 e. The Morgan fingerprint density at radius 3 is 2.70 bits per heavy atom. The molecule has 2 nitrogen and oxygen atoms in total. The quantitative estimate of drug-likeness (QED) is 0.810. The van der Waals surface area contributed by atoms with Gasteiger partial charge in [-0.2, -0.15) is 0 Å². The normalized spacial score (nSPS) is 11.3. The molecule has 0 fully saturated rings. The predicted molar refractivity (Wildman–Crippen MR) is 79.6 cm³/mol. The summed E-state index contributed by atoms with van der Waals surface area (Å²) in [5.41, 5.74) is 1.07. The number of rotatable bonds is 5. The molecule has 1 heterocycles. The number of nitrogens with one attached hydrogen (secondary N) is 1. The van der Waals surface area contributed by atoms with Crippen molar-refractivity contribution in [3.8, 4) is 0 Å². The van der Waals surface area contributed by atoms with Crippen LogP contribution in [0, 0.1) is 11.6 Å². The van der Waals surface area contributed by atoms with Crippen LogP contribution in [0.5, 0.6) is 0 Å². The summed E-state index contributed by atoms with van der Waals surface area (Å²) in [5.74, 6) is -1.07. The first-order chi connectivity index (χ1) is 9.49. The Kier molecular flexibility index (Phi) is 4.94. The number of nitrogens with zero attached hydrogens (tertiary/aromatic N) is 1. The third-order valence-corrected chi connectivity index (χ3v) is 3.69. The molecule has 108 valence electrons. The lowest BCUT2D eigenvalue weighted by Gasteiger charge is -2.13. The fourth-order valence-electron chi connectivity index (χ4n) is 1.96. The minimum Gasteiger partial charge on any atom is -0.346 e. The molecule has 2 aromatic rings. The summed E-state index contributed by atoms with van der Waals surface area (Å²) in [7, 11) is 0. The van der Waals surface area contributed by atoms with E-state index in [2.05, 4.69) is 35.1 Å². The van der Waals surface area contributed by atoms with E-state index in [9.17, 15) is 8.78 Å². The molecule has 0 aliphatic carbocycles. The minimum atomic E-state index is -0.540. The van der Waals surface area contributed by atoms with Crippen LogP contribution in [0.2, 0.25) is 0 Å². The number of benzene rings is 1. The first-order valence-electron chi connectivity index (χ1n) is 6.49. The summed E-state index contributed by atoms with van der Waals surface area (Å²) in [6.45, 7) is 4.96. The molecule has 0 saturated carbocycles. The van der Waals surface area contributed by atoms with Crippen molar-refractivity contribution >= 4 is 15.9 Å². The third-order valence-electron chi connectivity index (χ3n) is 3.08. The highest BCUT2D eigenvalue weighted by Crippen LogP contribution is 2.23. The van der Waals surface area contributed by atoms with Crippen LogP contribution in [0.15, 0.2) is 34.9 Å². The Morgan fingerprint density at radius 2 is 2.00 bits per heavy atom. The lowest BCUT2D eigenvalue weighted by atomic mass is 10.2. The Labute approximate surface area is 125 Å². The van der Waals surface area contributed by atoms with Gasteiger partial charge in [0.1, 0.15) is 11.6 Å². The average molecular weight is 343 g/mol. The van der Waals surface area contributed by atoms with Gasteiger partial charge in [0.05, 0.1) is 11.0 Å². The molecule has 0 saturated heterocycles. The Bertz CT molecular complexity index is 594. The second-order valence-electron chi connectivity index (χ2n) is 4.98. The van der Waals surface area contributed by atoms with Crippen molar-refractivity contribution in [2.75, 3.05) is 0 Å². The maximum Gasteiger partial charge on any atom is 0.145 e. The zero-order valence-corrected chi connectivity index (χ0v) is 13.0. The largest absolute Gasteiger partial charge is 0.346 e. The number of hydrogen-bond donors (Lipinski definition) is 1. The monoisotopic (exact) mass is 342 g/mol. The second-order valence-corrected chi connectivity index (χ2v) is 5.84. The number of halogens is 3. The van der Waals surface area contributed by atoms with Crippen LogP contribution in [0.4, 0.5) is 8.78 Å². The van der Waals surface area contributed by atoms with E-state index in [1.807, 2.05) is 22.9 Å². The van der Waals surface area contributed by atoms with Crippen LogP contribution >= 0.6 is 15.9 Å². The van der Waals surface area contributed by atoms with Crippen LogP contribution in [0.25, 0.3) is 0 Å². The first kappa shape index (κ1) is 15.2. The molecule has 5 heteroatoms. The fraction of sp³-hybridized carbons (Fsp3) is 0.333. The minimum absolute atomic E-state index is 0.0707. The zero-order chi connectivity index (χ0) is 14.7. The lowest BCUT2D eigenvalue weighted by Crippen LogP contribution is -2.23. The molecule has 20 heavy (non-hydrogen) atoms. The van der Waals surface area contributed by atoms with Gasteiger partial charge in [-0.25, -0.2) is 8.78 Å². The Balaban J connectivity index is 2.23. The molecule has 1 aromatic heterocycles. The van der Waals surface area contributed by atoms with Gasteiger partial charge >= 0.3 is 0 Å². The van der Waals surface area contributed by atoms with Gasteiger partial charge in [0.2, 0.25) is 0 Å². The van der Waals surface area contributed by atoms with E-state index in [0.717, 1.165) is 5.69 Å². The number of aromatic nitrogens is 1. The highest BCUT2D eigenvalue weighted by atomic mass is 79.9. The van der Waals surface area contributed by atoms with Gasteiger partial charge in [-0.1, -0.05) is 13.8 Å². The highest BCUT2D eigenvalue weighted by molar-refractivity contribution is 9.10. The van der Waals surface area contributed by atoms with E-state index in [0.29, 0.717) is 12.6 Å². The molecular formula is C15H17BrF2N2. The van der Waals surface area contributed by atoms with Crippen molar-refractivity contribution in [2.24, 2.45) is 0 Å². The van der Waals surface area contributed by atoms with Gasteiger partial charge in [0.25, 0.3) is 0 Å². The van der Waals surface area contributed by atoms with Crippen LogP contribution in [0.3, 0.4) is 0 Å². The van der Waals surface area contributed by atoms with Crippen molar-refractivity contribution < 1.29 is 8.78 Å². The molecule has 0 aliphatic rings. The average Bonchev–Trinajstić information content (AvgIpc) is 2.84. The van der Waals surface area contributed by atoms with Gasteiger partial charge in [-0.3, -0.25) is 0 Å². The van der Waals surface area contributed by atoms with E-state index in [-0.39, 0.29) is 16.6 Å². The summed E-state index contributed by atoms with van der Waals surface area (Å²) in [4.78, 5) is 0. The van der Waals surface area contributed by atoms with Gasteiger partial charge in [0.15, 0.2) is 0 Å². The van der Waals surface area contributed by atoms with Crippen molar-refractivity contribution in [3.05, 3.63) is 57.8 Å². The Hall–Kier alpha value is -1.20. The third kappa shape index (κ3) is 3.46. The molecular weight excluding hydrogens is 326 g/mol. The van der Waals surface area contributed by atoms with Gasteiger partial charge in [0, 0.05) is 30.0 Å². The molecule has 0 radical (unpaired) electrons. The van der Waals surface area contributed by atoms with Crippen molar-refractivity contribution in [1.82, 2.24) is 9.88 Å². The SMILES string of the molecule is CC(C)NCc1cccn1Cc1c(F)ccc(Br)c1F. The summed E-state index contributed by atoms with van der Waals surface area (Å²) in [6, 6.07) is 6.84. The zero-order valence-electron chi connectivity index (χ0n) is 11.5. The van der Waals surface area contributed by atoms with E-state index >= 15 is 0 Å². The lowest BCUT2D eigenvalue weighted by molar-refractivity contribution is 0.527. The van der Waals surface area contributed by atoms with Gasteiger partial charge < -0.3 is 9.88 Å². The molecule has 0 unspecified atom stereocenters. The van der Waals surface area contributed by atoms with Crippen molar-refractivity contribution in [1.29, 1.82) is 0 Å². The predicted octanol–water partition coefficient (Wildman–Crippen LogP) is 4.08. The van der Waals surface area contributed by atoms with E-state index in [1.165, 1.54) is 12.1 Å². The van der Waals surface area contributed by atoms with E-state index < -0.39 is 11.6 Å². The van der Waals surface area contributed by atoms with Crippen LogP contribution in [-0.4, -0.2) is 10.6 Å². The standard InChI is InChI=1S/C15H17BrF2N2/c1-10(2)19-8-11-4-3-7-20(11)9-12-14(17)6-5-13(16)15(12)18/h3-7,10,19H,8-9H2,1-2H3. The van der Waals surface area contributed by atoms with E-state index in [1.54, 1.807) is 0 Å². The summed E-state index contributed by atoms with van der Waals surface area (Å²) in [5, 5.41) is 3.30. The molecule has 1 N–H and O–H groups in total. The highest BCUT2D eigenvalue weighted by Gasteiger charge is 2.14. The van der Waals surface area contributed by atoms with Crippen molar-refractivity contribution in [3.63, 3.8) is 0 Å². The first-order valence-corrected chi connectivity index (χ1v) is 7.28. The summed E-state index contributed by atoms with van der Waals surface area (Å²) < 4.78 is 29.9. The Morgan fingerprint density at radius 1 is 1.25 bits per heavy atom. The van der Waals surface area contributed by atoms with Gasteiger partial charge in [-0.05, 0) is 40.2 Å². The van der Waals surface area contributed by atoms with E-state index in [4.69, 9.17) is 0 Å². The maximum absolute atomic E-state index is 14.0. The topological polar surface area (TPSA) is 17.0 Å². The number of hydrogen-bond acceptors (Lipinski definition) is 1. The second kappa shape index (κ2) is 6.50. The van der Waals surface area contributed by atoms with Crippen LogP contribution in [-0.2, 0) is 13.1 Å². The fourth-order valence-corrected chi connectivity index (χ4v) is 2.33. The van der Waals surface area contributed by atoms with Crippen molar-refractivity contribution in [2.45, 2.75) is 33.0 Å². The van der Waals surface area contributed by atoms with Crippen LogP contribution < -0.4 is 5.32 Å². The van der Waals surface area contributed by atoms with Gasteiger partial charge in [-0.15, -0.1) is 0 Å². The molecule has 0 amide bonds. The molecule has 0 bridgehead atoms. The molecule has 0 aliphatic heterocycles. The molecule has 0 spiro atoms. The summed E-state index contributed by atoms with van der Waals surface area (Å²) >= 11 is 3.09. The molecule has 0 atom stereocenters. The summed E-state index contributed by atoms with van der Waals surface area (Å²) in [6.07, 6.45) is 1.83. The van der Waals surface area contributed by atoms with Crippen LogP contribution in [0.1, 0.15) is 25.1 Å². The molecule has 2 rings (SSSR count). The maximum atomic E-state index is 14.0. The molecule has 1 aromatic carbocycles.